The first-order chi connectivity index (χ1) is 12.1. The Morgan fingerprint density at radius 1 is 0.731 bits per heavy atom. The van der Waals surface area contributed by atoms with Gasteiger partial charge in [0.15, 0.2) is 0 Å². The molecule has 0 unspecified atom stereocenters. The molecule has 154 valence electrons. The number of nitrogens with zero attached hydrogens (tertiary/aromatic N) is 1. The molecule has 26 heavy (non-hydrogen) atoms. The lowest BCUT2D eigenvalue weighted by atomic mass is 10.0. The van der Waals surface area contributed by atoms with Gasteiger partial charge in [0.05, 0.1) is 25.5 Å². The van der Waals surface area contributed by atoms with E-state index >= 15 is 0 Å². The van der Waals surface area contributed by atoms with Crippen LogP contribution in [0.15, 0.2) is 17.5 Å². The summed E-state index contributed by atoms with van der Waals surface area (Å²) in [5.74, 6) is 0. The van der Waals surface area contributed by atoms with Crippen LogP contribution in [0, 0.1) is 0 Å². The van der Waals surface area contributed by atoms with Crippen molar-refractivity contribution in [2.24, 2.45) is 0 Å². The van der Waals surface area contributed by atoms with Crippen LogP contribution in [0.25, 0.3) is 0 Å². The van der Waals surface area contributed by atoms with Gasteiger partial charge in [0.2, 0.25) is 0 Å². The second-order valence-corrected chi connectivity index (χ2v) is 9.53. The minimum absolute atomic E-state index is 0. The first-order valence-electron chi connectivity index (χ1n) is 11.0. The molecule has 0 aliphatic carbocycles. The summed E-state index contributed by atoms with van der Waals surface area (Å²) in [6.07, 6.45) is 20.2. The average molecular weight is 402 g/mol. The Labute approximate surface area is 174 Å². The number of hydrogen-bond acceptors (Lipinski definition) is 1. The molecule has 0 N–H and O–H groups in total. The van der Waals surface area contributed by atoms with Gasteiger partial charge >= 0.3 is 0 Å². The van der Waals surface area contributed by atoms with Crippen LogP contribution >= 0.6 is 11.3 Å². The summed E-state index contributed by atoms with van der Waals surface area (Å²) in [6.45, 7) is 4.80. The summed E-state index contributed by atoms with van der Waals surface area (Å²) in [4.78, 5) is 1.52. The smallest absolute Gasteiger partial charge is 0.113 e. The second-order valence-electron chi connectivity index (χ2n) is 8.49. The molecule has 0 aliphatic rings. The molecule has 1 nitrogen and oxygen atoms in total. The third-order valence-corrected chi connectivity index (χ3v) is 6.14. The van der Waals surface area contributed by atoms with E-state index in [-0.39, 0.29) is 12.4 Å². The van der Waals surface area contributed by atoms with Crippen LogP contribution < -0.4 is 12.4 Å². The molecular formula is C23H44ClNS. The molecule has 0 aliphatic heterocycles. The fourth-order valence-corrected chi connectivity index (χ4v) is 4.55. The van der Waals surface area contributed by atoms with Crippen LogP contribution in [0.3, 0.4) is 0 Å². The molecular weight excluding hydrogens is 358 g/mol. The van der Waals surface area contributed by atoms with Gasteiger partial charge in [-0.3, -0.25) is 0 Å². The van der Waals surface area contributed by atoms with E-state index in [0.29, 0.717) is 0 Å². The van der Waals surface area contributed by atoms with E-state index in [1.807, 2.05) is 11.3 Å². The molecule has 0 saturated carbocycles. The van der Waals surface area contributed by atoms with Crippen molar-refractivity contribution in [2.75, 3.05) is 20.6 Å². The summed E-state index contributed by atoms with van der Waals surface area (Å²) in [6, 6.07) is 4.45. The quantitative estimate of drug-likeness (QED) is 0.259. The van der Waals surface area contributed by atoms with Gasteiger partial charge in [0, 0.05) is 0 Å². The molecule has 0 fully saturated rings. The molecule has 0 radical (unpaired) electrons. The van der Waals surface area contributed by atoms with Crippen LogP contribution in [0.1, 0.15) is 102 Å². The Morgan fingerprint density at radius 2 is 1.19 bits per heavy atom. The number of rotatable bonds is 17. The lowest BCUT2D eigenvalue weighted by Crippen LogP contribution is -3.00. The van der Waals surface area contributed by atoms with E-state index in [1.165, 1.54) is 108 Å². The van der Waals surface area contributed by atoms with E-state index in [2.05, 4.69) is 38.5 Å². The Morgan fingerprint density at radius 3 is 1.62 bits per heavy atom. The highest BCUT2D eigenvalue weighted by atomic mass is 35.5. The molecule has 0 aromatic carbocycles. The topological polar surface area (TPSA) is 0 Å². The summed E-state index contributed by atoms with van der Waals surface area (Å²) in [7, 11) is 4.75. The zero-order valence-electron chi connectivity index (χ0n) is 17.8. The predicted molar refractivity (Wildman–Crippen MR) is 115 cm³/mol. The minimum atomic E-state index is 0. The number of halogens is 1. The largest absolute Gasteiger partial charge is 1.00 e. The lowest BCUT2D eigenvalue weighted by molar-refractivity contribution is -0.903. The van der Waals surface area contributed by atoms with Crippen LogP contribution in [-0.4, -0.2) is 25.1 Å². The zero-order valence-corrected chi connectivity index (χ0v) is 19.4. The minimum Gasteiger partial charge on any atom is -1.00 e. The molecule has 1 rings (SSSR count). The highest BCUT2D eigenvalue weighted by molar-refractivity contribution is 7.09. The Kier molecular flexibility index (Phi) is 17.0. The summed E-state index contributed by atoms with van der Waals surface area (Å²) >= 11 is 1.90. The van der Waals surface area contributed by atoms with Crippen LogP contribution in [0.5, 0.6) is 0 Å². The SMILES string of the molecule is CCCCCCCCCCCCCCCC[N+](C)(C)Cc1cccs1.[Cl-]. The van der Waals surface area contributed by atoms with Gasteiger partial charge in [-0.2, -0.15) is 0 Å². The first kappa shape index (κ1) is 26.0. The van der Waals surface area contributed by atoms with Crippen molar-refractivity contribution in [3.8, 4) is 0 Å². The van der Waals surface area contributed by atoms with Gasteiger partial charge in [-0.1, -0.05) is 90.0 Å². The number of thiophene rings is 1. The van der Waals surface area contributed by atoms with Gasteiger partial charge in [-0.15, -0.1) is 11.3 Å². The number of quaternary nitrogens is 1. The average Bonchev–Trinajstić information content (AvgIpc) is 3.07. The maximum absolute atomic E-state index is 2.38. The van der Waals surface area contributed by atoms with Gasteiger partial charge in [0.1, 0.15) is 6.54 Å². The second kappa shape index (κ2) is 17.1. The van der Waals surface area contributed by atoms with Gasteiger partial charge < -0.3 is 16.9 Å². The molecule has 0 atom stereocenters. The van der Waals surface area contributed by atoms with E-state index in [0.717, 1.165) is 4.48 Å². The van der Waals surface area contributed by atoms with Crippen molar-refractivity contribution in [3.05, 3.63) is 22.4 Å². The Bertz CT molecular complexity index is 389. The maximum atomic E-state index is 2.38. The molecule has 1 aromatic rings. The standard InChI is InChI=1S/C23H44NS.ClH/c1-4-5-6-7-8-9-10-11-12-13-14-15-16-17-20-24(2,3)22-23-19-18-21-25-23;/h18-19,21H,4-17,20,22H2,1-3H3;1H/q+1;/p-1. The van der Waals surface area contributed by atoms with Crippen molar-refractivity contribution in [3.63, 3.8) is 0 Å². The molecule has 0 spiro atoms. The number of hydrogen-bond donors (Lipinski definition) is 0. The molecule has 1 heterocycles. The van der Waals surface area contributed by atoms with E-state index < -0.39 is 0 Å². The maximum Gasteiger partial charge on any atom is 0.113 e. The van der Waals surface area contributed by atoms with E-state index in [4.69, 9.17) is 0 Å². The fraction of sp³-hybridized carbons (Fsp3) is 0.826. The monoisotopic (exact) mass is 401 g/mol. The lowest BCUT2D eigenvalue weighted by Gasteiger charge is -2.29. The van der Waals surface area contributed by atoms with Gasteiger partial charge in [-0.25, -0.2) is 0 Å². The van der Waals surface area contributed by atoms with Crippen molar-refractivity contribution in [1.29, 1.82) is 0 Å². The van der Waals surface area contributed by atoms with Crippen LogP contribution in [0.2, 0.25) is 0 Å². The number of unbranched alkanes of at least 4 members (excludes halogenated alkanes) is 13. The third kappa shape index (κ3) is 15.1. The van der Waals surface area contributed by atoms with E-state index in [9.17, 15) is 0 Å². The normalized spacial score (nSPS) is 11.5. The highest BCUT2D eigenvalue weighted by Crippen LogP contribution is 2.17. The molecule has 0 saturated heterocycles. The Balaban J connectivity index is 0.00000625. The van der Waals surface area contributed by atoms with Crippen LogP contribution in [-0.2, 0) is 6.54 Å². The van der Waals surface area contributed by atoms with Crippen molar-refractivity contribution in [1.82, 2.24) is 0 Å². The summed E-state index contributed by atoms with van der Waals surface area (Å²) < 4.78 is 1.14. The van der Waals surface area contributed by atoms with Crippen molar-refractivity contribution < 1.29 is 16.9 Å². The summed E-state index contributed by atoms with van der Waals surface area (Å²) in [5, 5.41) is 2.20. The molecule has 3 heteroatoms. The third-order valence-electron chi connectivity index (χ3n) is 5.28. The molecule has 0 amide bonds. The predicted octanol–water partition coefficient (Wildman–Crippen LogP) is 4.81. The van der Waals surface area contributed by atoms with Crippen LogP contribution in [0.4, 0.5) is 0 Å². The fourth-order valence-electron chi connectivity index (χ4n) is 3.64. The highest BCUT2D eigenvalue weighted by Gasteiger charge is 2.15. The van der Waals surface area contributed by atoms with Crippen molar-refractivity contribution >= 4 is 11.3 Å². The van der Waals surface area contributed by atoms with E-state index in [1.54, 1.807) is 0 Å². The first-order valence-corrected chi connectivity index (χ1v) is 11.9. The van der Waals surface area contributed by atoms with Gasteiger partial charge in [-0.05, 0) is 24.3 Å². The zero-order chi connectivity index (χ0) is 18.2. The summed E-state index contributed by atoms with van der Waals surface area (Å²) in [5.41, 5.74) is 0. The molecule has 1 aromatic heterocycles. The van der Waals surface area contributed by atoms with Crippen molar-refractivity contribution in [2.45, 2.75) is 103 Å². The van der Waals surface area contributed by atoms with Gasteiger partial charge in [0.25, 0.3) is 0 Å². The molecule has 0 bridgehead atoms. The Hall–Kier alpha value is -0.0500.